The second-order valence-electron chi connectivity index (χ2n) is 12.6. The van der Waals surface area contributed by atoms with Crippen LogP contribution in [0.4, 0.5) is 0 Å². The van der Waals surface area contributed by atoms with Crippen molar-refractivity contribution >= 4 is 29.2 Å². The Balaban J connectivity index is 0.000000571. The van der Waals surface area contributed by atoms with Gasteiger partial charge in [-0.05, 0) is 70.9 Å². The third kappa shape index (κ3) is 10.7. The molecule has 0 saturated carbocycles. The van der Waals surface area contributed by atoms with E-state index < -0.39 is 11.9 Å². The van der Waals surface area contributed by atoms with Gasteiger partial charge >= 0.3 is 11.9 Å². The van der Waals surface area contributed by atoms with Crippen LogP contribution < -0.4 is 5.32 Å². The lowest BCUT2D eigenvalue weighted by molar-refractivity contribution is -0.550. The Hall–Kier alpha value is -2.13. The maximum absolute atomic E-state index is 11.2. The van der Waals surface area contributed by atoms with Crippen LogP contribution >= 0.6 is 0 Å². The summed E-state index contributed by atoms with van der Waals surface area (Å²) in [6, 6.07) is 0.769. The number of hydrogen-bond acceptors (Lipinski definition) is 6. The van der Waals surface area contributed by atoms with Gasteiger partial charge < -0.3 is 15.5 Å². The van der Waals surface area contributed by atoms with Gasteiger partial charge in [0.05, 0.1) is 0 Å². The fourth-order valence-electron chi connectivity index (χ4n) is 5.46. The lowest BCUT2D eigenvalue weighted by Gasteiger charge is -2.43. The zero-order valence-corrected chi connectivity index (χ0v) is 27.3. The first-order valence-corrected chi connectivity index (χ1v) is 14.8. The molecule has 10 unspecified atom stereocenters. The number of aliphatic carboxylic acids is 2. The van der Waals surface area contributed by atoms with Crippen molar-refractivity contribution in [3.63, 3.8) is 0 Å². The number of piperidine rings is 1. The molecule has 0 aromatic rings. The van der Waals surface area contributed by atoms with E-state index in [1.807, 2.05) is 37.5 Å². The first kappa shape index (κ1) is 37.9. The minimum absolute atomic E-state index is 0.244. The molecule has 2 aliphatic heterocycles. The molecule has 0 amide bonds. The second-order valence-corrected chi connectivity index (χ2v) is 12.6. The van der Waals surface area contributed by atoms with E-state index in [1.54, 1.807) is 0 Å². The highest BCUT2D eigenvalue weighted by molar-refractivity contribution is 6.36. The zero-order chi connectivity index (χ0) is 31.6. The number of Topliss-reactive ketones (excluding diaryl/α,β-unsaturated/α-hetero) is 2. The highest BCUT2D eigenvalue weighted by Crippen LogP contribution is 2.31. The maximum atomic E-state index is 11.2. The zero-order valence-electron chi connectivity index (χ0n) is 27.3. The molecule has 0 aliphatic carbocycles. The first-order chi connectivity index (χ1) is 18.3. The molecule has 9 heteroatoms. The number of carboxylic acid groups (broad SMARTS) is 2. The number of likely N-dealkylation sites (tertiary alicyclic amines) is 1. The summed E-state index contributed by atoms with van der Waals surface area (Å²) < 4.78 is 1.90. The van der Waals surface area contributed by atoms with Gasteiger partial charge in [0.2, 0.25) is 0 Å². The number of hydrogen-bond donors (Lipinski definition) is 3. The number of likely N-dealkylation sites (N-methyl/N-ethyl adjacent to an activating group) is 1. The molecule has 2 rings (SSSR count). The van der Waals surface area contributed by atoms with Crippen LogP contribution in [0.25, 0.3) is 0 Å². The summed E-state index contributed by atoms with van der Waals surface area (Å²) in [5.41, 5.74) is 0.554. The van der Waals surface area contributed by atoms with Crippen LogP contribution in [0.2, 0.25) is 0 Å². The van der Waals surface area contributed by atoms with Gasteiger partial charge in [0.15, 0.2) is 17.6 Å². The molecule has 1 fully saturated rings. The van der Waals surface area contributed by atoms with Crippen LogP contribution in [0.5, 0.6) is 0 Å². The van der Waals surface area contributed by atoms with Crippen molar-refractivity contribution in [3.8, 4) is 0 Å². The van der Waals surface area contributed by atoms with E-state index in [9.17, 15) is 19.2 Å². The van der Waals surface area contributed by atoms with E-state index in [0.29, 0.717) is 66.3 Å². The molecule has 232 valence electrons. The largest absolute Gasteiger partial charge is 0.480 e. The summed E-state index contributed by atoms with van der Waals surface area (Å²) in [6.07, 6.45) is 1.83. The molecule has 0 radical (unpaired) electrons. The lowest BCUT2D eigenvalue weighted by atomic mass is 9.79. The van der Waals surface area contributed by atoms with E-state index in [4.69, 9.17) is 10.2 Å². The molecule has 0 aromatic carbocycles. The standard InChI is InChI=1S/C11H21NO2.C10H19NO2.C10H17NO2/c1-7(6-11(14)10(4)13)8(2)9(3)12-5;2*1-6-5-9(10(12)13)11(4)8(3)7(6)2/h7-9,12H,6H2,1-5H3;6-9H,5H2,1-4H3,(H,12,13);6-8H,5H2,1-4H3/p+1. The van der Waals surface area contributed by atoms with Crippen LogP contribution in [-0.4, -0.2) is 94.2 Å². The van der Waals surface area contributed by atoms with Crippen LogP contribution in [-0.2, 0) is 19.2 Å². The van der Waals surface area contributed by atoms with Gasteiger partial charge in [0.1, 0.15) is 13.1 Å². The number of ketones is 2. The minimum atomic E-state index is -0.770. The topological polar surface area (TPSA) is 127 Å². The Bertz CT molecular complexity index is 904. The molecule has 2 aliphatic rings. The van der Waals surface area contributed by atoms with Gasteiger partial charge in [-0.1, -0.05) is 41.5 Å². The van der Waals surface area contributed by atoms with Gasteiger partial charge in [0.25, 0.3) is 5.71 Å². The highest BCUT2D eigenvalue weighted by Gasteiger charge is 2.38. The summed E-state index contributed by atoms with van der Waals surface area (Å²) >= 11 is 0. The molecule has 9 nitrogen and oxygen atoms in total. The fraction of sp³-hybridized carbons (Fsp3) is 0.839. The van der Waals surface area contributed by atoms with E-state index in [-0.39, 0.29) is 23.5 Å². The van der Waals surface area contributed by atoms with Gasteiger partial charge in [0, 0.05) is 37.8 Å². The van der Waals surface area contributed by atoms with Crippen molar-refractivity contribution in [1.29, 1.82) is 0 Å². The maximum Gasteiger partial charge on any atom is 0.396 e. The number of carbonyl (C=O) groups excluding carboxylic acids is 2. The van der Waals surface area contributed by atoms with E-state index >= 15 is 0 Å². The summed E-state index contributed by atoms with van der Waals surface area (Å²) in [5.74, 6) is 0.713. The molecular formula is C31H58N3O6+. The number of carbonyl (C=O) groups is 4. The average molecular weight is 569 g/mol. The first-order valence-electron chi connectivity index (χ1n) is 14.8. The van der Waals surface area contributed by atoms with Gasteiger partial charge in [-0.15, -0.1) is 0 Å². The van der Waals surface area contributed by atoms with Crippen molar-refractivity contribution in [3.05, 3.63) is 0 Å². The van der Waals surface area contributed by atoms with Crippen LogP contribution in [0.15, 0.2) is 0 Å². The summed E-state index contributed by atoms with van der Waals surface area (Å²) in [4.78, 5) is 45.8. The predicted octanol–water partition coefficient (Wildman–Crippen LogP) is 4.07. The van der Waals surface area contributed by atoms with Gasteiger partial charge in [-0.25, -0.2) is 9.37 Å². The number of carboxylic acids is 2. The second kappa shape index (κ2) is 17.0. The van der Waals surface area contributed by atoms with Crippen molar-refractivity contribution in [2.75, 3.05) is 21.1 Å². The lowest BCUT2D eigenvalue weighted by Crippen LogP contribution is -2.52. The quantitative estimate of drug-likeness (QED) is 0.295. The van der Waals surface area contributed by atoms with Gasteiger partial charge in [-0.3, -0.25) is 19.3 Å². The predicted molar refractivity (Wildman–Crippen MR) is 160 cm³/mol. The molecule has 40 heavy (non-hydrogen) atoms. The number of nitrogens with one attached hydrogen (secondary N) is 1. The molecule has 0 aromatic heterocycles. The SMILES string of the molecule is CC1CC(C(=O)O)=[N+](C)C(C)C1C.CC1CC(C(=O)O)N(C)C(C)C1C.CNC(C)C(C)C(C)CC(=O)C(C)=O. The Morgan fingerprint density at radius 1 is 0.975 bits per heavy atom. The van der Waals surface area contributed by atoms with Crippen LogP contribution in [0.3, 0.4) is 0 Å². The van der Waals surface area contributed by atoms with E-state index in [2.05, 4.69) is 60.7 Å². The normalized spacial score (nSPS) is 31.0. The fourth-order valence-corrected chi connectivity index (χ4v) is 5.46. The Labute approximate surface area is 242 Å². The molecular weight excluding hydrogens is 510 g/mol. The monoisotopic (exact) mass is 568 g/mol. The van der Waals surface area contributed by atoms with Crippen molar-refractivity contribution in [2.45, 2.75) is 113 Å². The third-order valence-electron chi connectivity index (χ3n) is 10.2. The smallest absolute Gasteiger partial charge is 0.396 e. The number of rotatable bonds is 8. The van der Waals surface area contributed by atoms with E-state index in [1.165, 1.54) is 6.92 Å². The van der Waals surface area contributed by atoms with Gasteiger partial charge in [-0.2, -0.15) is 0 Å². The molecule has 10 atom stereocenters. The molecule has 0 bridgehead atoms. The molecule has 2 heterocycles. The van der Waals surface area contributed by atoms with Crippen molar-refractivity contribution < 1.29 is 34.0 Å². The average Bonchev–Trinajstić information content (AvgIpc) is 2.89. The number of nitrogens with zero attached hydrogens (tertiary/aromatic N) is 2. The summed E-state index contributed by atoms with van der Waals surface area (Å²) in [7, 11) is 5.68. The Morgan fingerprint density at radius 3 is 1.93 bits per heavy atom. The third-order valence-corrected chi connectivity index (χ3v) is 10.2. The van der Waals surface area contributed by atoms with E-state index in [0.717, 1.165) is 6.42 Å². The molecule has 1 saturated heterocycles. The Kier molecular flexibility index (Phi) is 16.1. The molecule has 0 spiro atoms. The van der Waals surface area contributed by atoms with Crippen LogP contribution in [0, 0.1) is 35.5 Å². The van der Waals surface area contributed by atoms with Crippen molar-refractivity contribution in [1.82, 2.24) is 10.2 Å². The molecule has 3 N–H and O–H groups in total. The summed E-state index contributed by atoms with van der Waals surface area (Å²) in [5, 5.41) is 21.1. The summed E-state index contributed by atoms with van der Waals surface area (Å²) in [6.45, 7) is 20.4. The van der Waals surface area contributed by atoms with Crippen LogP contribution in [0.1, 0.15) is 88.5 Å². The highest BCUT2D eigenvalue weighted by atomic mass is 16.4. The Morgan fingerprint density at radius 2 is 1.50 bits per heavy atom. The minimum Gasteiger partial charge on any atom is -0.480 e. The van der Waals surface area contributed by atoms with Crippen molar-refractivity contribution in [2.24, 2.45) is 35.5 Å².